The molecule has 0 amide bonds. The molecular formula is C24H20F3N3. The Bertz CT molecular complexity index is 1100. The molecule has 152 valence electrons. The molecule has 0 saturated heterocycles. The van der Waals surface area contributed by atoms with E-state index in [0.717, 1.165) is 54.6 Å². The topological polar surface area (TPSA) is 30.7 Å². The van der Waals surface area contributed by atoms with E-state index in [0.29, 0.717) is 17.8 Å². The molecule has 0 N–H and O–H groups in total. The van der Waals surface area contributed by atoms with E-state index >= 15 is 0 Å². The van der Waals surface area contributed by atoms with Crippen LogP contribution in [0.25, 0.3) is 5.57 Å². The average molecular weight is 407 g/mol. The van der Waals surface area contributed by atoms with Crippen molar-refractivity contribution in [3.63, 3.8) is 0 Å². The van der Waals surface area contributed by atoms with Crippen molar-refractivity contribution in [3.8, 4) is 11.8 Å². The van der Waals surface area contributed by atoms with Gasteiger partial charge < -0.3 is 0 Å². The van der Waals surface area contributed by atoms with Crippen LogP contribution in [0.5, 0.6) is 0 Å². The summed E-state index contributed by atoms with van der Waals surface area (Å²) in [5.74, 6) is 6.11. The van der Waals surface area contributed by atoms with Gasteiger partial charge in [0.25, 0.3) is 0 Å². The number of hydrogen-bond donors (Lipinski definition) is 0. The Morgan fingerprint density at radius 2 is 1.70 bits per heavy atom. The molecule has 3 aromatic rings. The van der Waals surface area contributed by atoms with E-state index in [1.54, 1.807) is 4.68 Å². The van der Waals surface area contributed by atoms with Crippen molar-refractivity contribution in [1.82, 2.24) is 15.0 Å². The molecule has 0 spiro atoms. The van der Waals surface area contributed by atoms with Gasteiger partial charge in [0.2, 0.25) is 0 Å². The largest absolute Gasteiger partial charge is 0.416 e. The van der Waals surface area contributed by atoms with Crippen LogP contribution in [0.2, 0.25) is 0 Å². The lowest BCUT2D eigenvalue weighted by Crippen LogP contribution is -2.05. The van der Waals surface area contributed by atoms with Crippen molar-refractivity contribution in [2.24, 2.45) is 0 Å². The number of alkyl halides is 3. The zero-order valence-electron chi connectivity index (χ0n) is 16.3. The van der Waals surface area contributed by atoms with Crippen molar-refractivity contribution in [1.29, 1.82) is 0 Å². The summed E-state index contributed by atoms with van der Waals surface area (Å²) in [4.78, 5) is 0. The molecule has 1 aliphatic carbocycles. The number of hydrogen-bond acceptors (Lipinski definition) is 2. The van der Waals surface area contributed by atoms with Gasteiger partial charge >= 0.3 is 6.18 Å². The molecule has 0 unspecified atom stereocenters. The van der Waals surface area contributed by atoms with E-state index in [9.17, 15) is 13.2 Å². The van der Waals surface area contributed by atoms with E-state index in [1.165, 1.54) is 12.1 Å². The van der Waals surface area contributed by atoms with Crippen LogP contribution in [0.1, 0.15) is 53.8 Å². The molecule has 0 saturated carbocycles. The lowest BCUT2D eigenvalue weighted by molar-refractivity contribution is -0.137. The summed E-state index contributed by atoms with van der Waals surface area (Å²) < 4.78 is 40.1. The van der Waals surface area contributed by atoms with E-state index in [-0.39, 0.29) is 0 Å². The van der Waals surface area contributed by atoms with Gasteiger partial charge in [-0.2, -0.15) is 13.2 Å². The summed E-state index contributed by atoms with van der Waals surface area (Å²) >= 11 is 0. The third-order valence-electron chi connectivity index (χ3n) is 5.04. The monoisotopic (exact) mass is 407 g/mol. The smallest absolute Gasteiger partial charge is 0.232 e. The van der Waals surface area contributed by atoms with Crippen LogP contribution in [0.3, 0.4) is 0 Å². The van der Waals surface area contributed by atoms with E-state index in [4.69, 9.17) is 0 Å². The fourth-order valence-corrected chi connectivity index (χ4v) is 3.45. The van der Waals surface area contributed by atoms with Gasteiger partial charge in [-0.25, -0.2) is 4.68 Å². The second-order valence-electron chi connectivity index (χ2n) is 7.23. The second-order valence-corrected chi connectivity index (χ2v) is 7.23. The molecule has 1 heterocycles. The molecule has 0 atom stereocenters. The molecule has 1 aliphatic rings. The number of halogens is 3. The zero-order valence-corrected chi connectivity index (χ0v) is 16.3. The Morgan fingerprint density at radius 1 is 0.933 bits per heavy atom. The highest BCUT2D eigenvalue weighted by molar-refractivity contribution is 5.67. The summed E-state index contributed by atoms with van der Waals surface area (Å²) in [5, 5.41) is 8.71. The number of nitrogens with zero attached hydrogens (tertiary/aromatic N) is 3. The van der Waals surface area contributed by atoms with Crippen LogP contribution in [0.15, 0.2) is 60.7 Å². The summed E-state index contributed by atoms with van der Waals surface area (Å²) in [7, 11) is 0. The Hall–Kier alpha value is -3.33. The van der Waals surface area contributed by atoms with Gasteiger partial charge in [0.1, 0.15) is 11.4 Å². The molecule has 0 aliphatic heterocycles. The molecule has 0 radical (unpaired) electrons. The first kappa shape index (κ1) is 20.0. The Kier molecular flexibility index (Phi) is 5.71. The molecule has 6 heteroatoms. The predicted octanol–water partition coefficient (Wildman–Crippen LogP) is 5.70. The highest BCUT2D eigenvalue weighted by Gasteiger charge is 2.29. The van der Waals surface area contributed by atoms with Gasteiger partial charge in [-0.3, -0.25) is 0 Å². The highest BCUT2D eigenvalue weighted by atomic mass is 19.4. The van der Waals surface area contributed by atoms with Gasteiger partial charge in [0.05, 0.1) is 12.1 Å². The molecule has 1 aromatic heterocycles. The third kappa shape index (κ3) is 4.62. The van der Waals surface area contributed by atoms with E-state index in [1.807, 2.05) is 30.3 Å². The standard InChI is InChI=1S/C24H20F3N3/c25-24(26,27)21-14-11-18(12-15-21)13-16-22-23(20-9-5-2-6-10-20)28-29-30(22)17-19-7-3-1-4-8-19/h1,3-4,7-9,11-12,14-15H,2,5-6,10,17H2. The van der Waals surface area contributed by atoms with Crippen LogP contribution in [0, 0.1) is 11.8 Å². The van der Waals surface area contributed by atoms with Gasteiger partial charge in [-0.1, -0.05) is 47.5 Å². The van der Waals surface area contributed by atoms with Crippen molar-refractivity contribution in [2.75, 3.05) is 0 Å². The molecule has 2 aromatic carbocycles. The fourth-order valence-electron chi connectivity index (χ4n) is 3.45. The number of rotatable bonds is 3. The molecule has 4 rings (SSSR count). The Balaban J connectivity index is 1.69. The first-order chi connectivity index (χ1) is 14.5. The van der Waals surface area contributed by atoms with E-state index in [2.05, 4.69) is 28.2 Å². The Morgan fingerprint density at radius 3 is 2.37 bits per heavy atom. The van der Waals surface area contributed by atoms with Crippen molar-refractivity contribution in [2.45, 2.75) is 38.4 Å². The van der Waals surface area contributed by atoms with Gasteiger partial charge in [-0.15, -0.1) is 5.10 Å². The number of benzene rings is 2. The molecule has 0 bridgehead atoms. The minimum atomic E-state index is -4.36. The summed E-state index contributed by atoms with van der Waals surface area (Å²) in [6, 6.07) is 14.8. The lowest BCUT2D eigenvalue weighted by atomic mass is 9.96. The highest BCUT2D eigenvalue weighted by Crippen LogP contribution is 2.29. The minimum Gasteiger partial charge on any atom is -0.232 e. The van der Waals surface area contributed by atoms with Gasteiger partial charge in [0.15, 0.2) is 0 Å². The quantitative estimate of drug-likeness (QED) is 0.521. The van der Waals surface area contributed by atoms with Crippen molar-refractivity contribution >= 4 is 5.57 Å². The maximum atomic E-state index is 12.8. The van der Waals surface area contributed by atoms with Gasteiger partial charge in [0, 0.05) is 5.56 Å². The first-order valence-electron chi connectivity index (χ1n) is 9.87. The van der Waals surface area contributed by atoms with Crippen LogP contribution < -0.4 is 0 Å². The van der Waals surface area contributed by atoms with Crippen molar-refractivity contribution in [3.05, 3.63) is 88.8 Å². The number of allylic oxidation sites excluding steroid dienone is 2. The first-order valence-corrected chi connectivity index (χ1v) is 9.87. The normalized spacial score (nSPS) is 14.0. The second kappa shape index (κ2) is 8.58. The van der Waals surface area contributed by atoms with Crippen LogP contribution >= 0.6 is 0 Å². The minimum absolute atomic E-state index is 0.513. The summed E-state index contributed by atoms with van der Waals surface area (Å²) in [6.45, 7) is 0.526. The maximum Gasteiger partial charge on any atom is 0.416 e. The van der Waals surface area contributed by atoms with Gasteiger partial charge in [-0.05, 0) is 67.0 Å². The number of aromatic nitrogens is 3. The van der Waals surface area contributed by atoms with E-state index < -0.39 is 11.7 Å². The lowest BCUT2D eigenvalue weighted by Gasteiger charge is -2.11. The predicted molar refractivity (Wildman–Crippen MR) is 109 cm³/mol. The van der Waals surface area contributed by atoms with Crippen LogP contribution in [-0.2, 0) is 12.7 Å². The summed E-state index contributed by atoms with van der Waals surface area (Å²) in [5.41, 5.74) is 3.49. The SMILES string of the molecule is FC(F)(F)c1ccc(C#Cc2c(C3=CCCCC3)nnn2Cc2ccccc2)cc1. The molecular weight excluding hydrogens is 387 g/mol. The molecule has 0 fully saturated rings. The average Bonchev–Trinajstić information content (AvgIpc) is 3.15. The fraction of sp³-hybridized carbons (Fsp3) is 0.250. The van der Waals surface area contributed by atoms with Crippen LogP contribution in [-0.4, -0.2) is 15.0 Å². The third-order valence-corrected chi connectivity index (χ3v) is 5.04. The molecule has 30 heavy (non-hydrogen) atoms. The van der Waals surface area contributed by atoms with Crippen molar-refractivity contribution < 1.29 is 13.2 Å². The Labute approximate surface area is 173 Å². The maximum absolute atomic E-state index is 12.8. The van der Waals surface area contributed by atoms with Crippen LogP contribution in [0.4, 0.5) is 13.2 Å². The molecule has 3 nitrogen and oxygen atoms in total. The zero-order chi connectivity index (χ0) is 21.0. The summed E-state index contributed by atoms with van der Waals surface area (Å²) in [6.07, 6.45) is 2.03.